The lowest BCUT2D eigenvalue weighted by Gasteiger charge is -2.17. The lowest BCUT2D eigenvalue weighted by Crippen LogP contribution is -2.29. The Hall–Kier alpha value is -5.46. The molecule has 54 heavy (non-hydrogen) atoms. The summed E-state index contributed by atoms with van der Waals surface area (Å²) < 4.78 is 66.8. The van der Waals surface area contributed by atoms with Crippen molar-refractivity contribution in [3.8, 4) is 12.0 Å². The van der Waals surface area contributed by atoms with E-state index >= 15 is 0 Å². The molecule has 4 aromatic rings. The van der Waals surface area contributed by atoms with Crippen LogP contribution in [0, 0.1) is 0 Å². The van der Waals surface area contributed by atoms with Gasteiger partial charge in [0, 0.05) is 13.1 Å². The predicted molar refractivity (Wildman–Crippen MR) is 201 cm³/mol. The smallest absolute Gasteiger partial charge is 0.358 e. The van der Waals surface area contributed by atoms with E-state index in [9.17, 15) is 26.4 Å². The Balaban J connectivity index is 1.37. The molecule has 0 atom stereocenters. The van der Waals surface area contributed by atoms with Crippen LogP contribution < -0.4 is 40.9 Å². The highest BCUT2D eigenvalue weighted by atomic mass is 33.2. The standard InChI is InChI=1S/C30H44N14O8S2/c1-5-43(6-2)17-11-19-51-29-37-25(35-27(45)39-29)33-21-13-9-15-23(31-21)41-53(47,48)54(49,50)42-24-16-10-14-22(32-24)34-26-36-28(46)40-30(38-26)52-20-12-18-44(7-3)8-4/h9-10,13-16H,5-8,11-12,17-20H2,1-4H3,(H3,31,33,35,37,39,41,45)(H3,32,34,36,38,40,42,46). The van der Waals surface area contributed by atoms with Crippen LogP contribution in [0.1, 0.15) is 40.5 Å². The van der Waals surface area contributed by atoms with Gasteiger partial charge in [-0.05, 0) is 63.3 Å². The van der Waals surface area contributed by atoms with Crippen LogP contribution in [0.4, 0.5) is 35.2 Å². The quantitative estimate of drug-likeness (QED) is 0.0455. The van der Waals surface area contributed by atoms with Crippen molar-refractivity contribution in [3.05, 3.63) is 57.4 Å². The van der Waals surface area contributed by atoms with Gasteiger partial charge in [0.1, 0.15) is 23.3 Å². The lowest BCUT2D eigenvalue weighted by molar-refractivity contribution is 0.238. The molecule has 294 valence electrons. The molecule has 0 aliphatic rings. The fraction of sp³-hybridized carbons (Fsp3) is 0.467. The molecule has 0 radical (unpaired) electrons. The van der Waals surface area contributed by atoms with Gasteiger partial charge in [0.25, 0.3) is 0 Å². The number of pyridine rings is 2. The van der Waals surface area contributed by atoms with E-state index in [0.29, 0.717) is 12.8 Å². The van der Waals surface area contributed by atoms with Gasteiger partial charge in [0.15, 0.2) is 0 Å². The molecule has 0 bridgehead atoms. The fourth-order valence-electron chi connectivity index (χ4n) is 4.69. The number of hydrogen-bond acceptors (Lipinski definition) is 18. The third kappa shape index (κ3) is 12.6. The molecule has 4 aromatic heterocycles. The van der Waals surface area contributed by atoms with Crippen molar-refractivity contribution in [2.75, 3.05) is 72.6 Å². The van der Waals surface area contributed by atoms with E-state index in [1.165, 1.54) is 36.4 Å². The second-order valence-electron chi connectivity index (χ2n) is 11.2. The molecule has 6 N–H and O–H groups in total. The second-order valence-corrected chi connectivity index (χ2v) is 16.1. The maximum Gasteiger partial charge on any atom is 0.358 e. The third-order valence-electron chi connectivity index (χ3n) is 7.49. The number of nitrogens with one attached hydrogen (secondary N) is 6. The Bertz CT molecular complexity index is 2010. The summed E-state index contributed by atoms with van der Waals surface area (Å²) in [7, 11) is -10.3. The number of aromatic amines is 2. The molecule has 0 unspecified atom stereocenters. The maximum absolute atomic E-state index is 13.0. The molecule has 4 rings (SSSR count). The van der Waals surface area contributed by atoms with E-state index in [2.05, 4.69) is 88.0 Å². The van der Waals surface area contributed by atoms with Crippen LogP contribution in [0.3, 0.4) is 0 Å². The van der Waals surface area contributed by atoms with Crippen molar-refractivity contribution in [3.63, 3.8) is 0 Å². The summed E-state index contributed by atoms with van der Waals surface area (Å²) in [6.07, 6.45) is 1.36. The largest absolute Gasteiger partial charge is 0.463 e. The van der Waals surface area contributed by atoms with Gasteiger partial charge in [-0.15, -0.1) is 9.97 Å². The first-order valence-electron chi connectivity index (χ1n) is 17.0. The van der Waals surface area contributed by atoms with Crippen LogP contribution in [0.25, 0.3) is 0 Å². The molecule has 0 fully saturated rings. The van der Waals surface area contributed by atoms with Gasteiger partial charge in [0.05, 0.1) is 13.2 Å². The van der Waals surface area contributed by atoms with E-state index in [1.54, 1.807) is 0 Å². The first-order chi connectivity index (χ1) is 25.8. The first kappa shape index (κ1) is 41.3. The molecule has 0 saturated carbocycles. The summed E-state index contributed by atoms with van der Waals surface area (Å²) in [4.78, 5) is 57.1. The van der Waals surface area contributed by atoms with E-state index in [4.69, 9.17) is 9.47 Å². The van der Waals surface area contributed by atoms with E-state index in [-0.39, 0.29) is 60.4 Å². The first-order valence-corrected chi connectivity index (χ1v) is 20.5. The Morgan fingerprint density at radius 3 is 1.31 bits per heavy atom. The van der Waals surface area contributed by atoms with Crippen LogP contribution in [0.15, 0.2) is 46.0 Å². The van der Waals surface area contributed by atoms with E-state index in [1.807, 2.05) is 9.44 Å². The summed E-state index contributed by atoms with van der Waals surface area (Å²) in [5, 5.41) is 5.41. The molecular formula is C30H44N14O8S2. The highest BCUT2D eigenvalue weighted by molar-refractivity contribution is 8.68. The van der Waals surface area contributed by atoms with E-state index in [0.717, 1.165) is 39.3 Å². The molecular weight excluding hydrogens is 749 g/mol. The van der Waals surface area contributed by atoms with Gasteiger partial charge in [-0.1, -0.05) is 39.8 Å². The number of aromatic nitrogens is 8. The van der Waals surface area contributed by atoms with Gasteiger partial charge >= 0.3 is 41.5 Å². The van der Waals surface area contributed by atoms with Crippen molar-refractivity contribution in [2.45, 2.75) is 40.5 Å². The van der Waals surface area contributed by atoms with Crippen molar-refractivity contribution in [1.29, 1.82) is 0 Å². The SMILES string of the molecule is CCN(CC)CCCOc1nc(Nc2cccc(NS(=O)(=O)S(=O)(=O)Nc3cccc(Nc4nc(OCCCN(CC)CC)nc(=O)[nH]4)n3)n2)[nH]c(=O)n1. The van der Waals surface area contributed by atoms with Crippen LogP contribution in [0.2, 0.25) is 0 Å². The van der Waals surface area contributed by atoms with Gasteiger partial charge in [-0.2, -0.15) is 26.8 Å². The maximum atomic E-state index is 13.0. The monoisotopic (exact) mass is 792 g/mol. The molecule has 0 saturated heterocycles. The number of ether oxygens (including phenoxy) is 2. The Morgan fingerprint density at radius 1 is 0.574 bits per heavy atom. The van der Waals surface area contributed by atoms with Gasteiger partial charge in [-0.25, -0.2) is 19.6 Å². The van der Waals surface area contributed by atoms with Crippen molar-refractivity contribution in [1.82, 2.24) is 49.7 Å². The zero-order chi connectivity index (χ0) is 39.1. The molecule has 0 aromatic carbocycles. The predicted octanol–water partition coefficient (Wildman–Crippen LogP) is 1.24. The van der Waals surface area contributed by atoms with E-state index < -0.39 is 29.5 Å². The molecule has 22 nitrogen and oxygen atoms in total. The highest BCUT2D eigenvalue weighted by Crippen LogP contribution is 2.19. The summed E-state index contributed by atoms with van der Waals surface area (Å²) in [5.74, 6) is -0.960. The summed E-state index contributed by atoms with van der Waals surface area (Å²) in [6.45, 7) is 13.9. The zero-order valence-electron chi connectivity index (χ0n) is 30.2. The number of H-pyrrole nitrogens is 2. The fourth-order valence-corrected chi connectivity index (χ4v) is 6.82. The molecule has 24 heteroatoms. The summed E-state index contributed by atoms with van der Waals surface area (Å²) in [6, 6.07) is 7.67. The van der Waals surface area contributed by atoms with Crippen molar-refractivity contribution < 1.29 is 26.3 Å². The third-order valence-corrected chi connectivity index (χ3v) is 11.2. The Morgan fingerprint density at radius 2 is 0.944 bits per heavy atom. The van der Waals surface area contributed by atoms with Crippen molar-refractivity contribution in [2.24, 2.45) is 0 Å². The Labute approximate surface area is 311 Å². The molecule has 0 aliphatic carbocycles. The van der Waals surface area contributed by atoms with Crippen LogP contribution in [0.5, 0.6) is 12.0 Å². The molecule has 0 amide bonds. The van der Waals surface area contributed by atoms with Crippen LogP contribution in [-0.4, -0.2) is 119 Å². The number of rotatable bonds is 23. The zero-order valence-corrected chi connectivity index (χ0v) is 31.8. The minimum atomic E-state index is -5.17. The van der Waals surface area contributed by atoms with Gasteiger partial charge in [0.2, 0.25) is 11.9 Å². The number of nitrogens with zero attached hydrogens (tertiary/aromatic N) is 8. The number of hydrogen-bond donors (Lipinski definition) is 6. The minimum absolute atomic E-state index is 0.00113. The molecule has 0 aliphatic heterocycles. The lowest BCUT2D eigenvalue weighted by atomic mass is 10.4. The topological polar surface area (TPSA) is 284 Å². The minimum Gasteiger partial charge on any atom is -0.463 e. The van der Waals surface area contributed by atoms with Crippen molar-refractivity contribution >= 4 is 53.3 Å². The van der Waals surface area contributed by atoms with Crippen LogP contribution in [-0.2, 0) is 18.1 Å². The molecule has 4 heterocycles. The molecule has 0 spiro atoms. The highest BCUT2D eigenvalue weighted by Gasteiger charge is 2.31. The Kier molecular flexibility index (Phi) is 15.0. The van der Waals surface area contributed by atoms with Crippen LogP contribution >= 0.6 is 0 Å². The normalized spacial score (nSPS) is 11.7. The number of anilines is 6. The summed E-state index contributed by atoms with van der Waals surface area (Å²) >= 11 is 0. The van der Waals surface area contributed by atoms with Gasteiger partial charge in [-0.3, -0.25) is 19.4 Å². The average molecular weight is 793 g/mol. The average Bonchev–Trinajstić information content (AvgIpc) is 3.11. The van der Waals surface area contributed by atoms with Gasteiger partial charge < -0.3 is 29.9 Å². The second kappa shape index (κ2) is 19.6. The summed E-state index contributed by atoms with van der Waals surface area (Å²) in [5.41, 5.74) is -1.51.